The van der Waals surface area contributed by atoms with Crippen molar-refractivity contribution in [3.63, 3.8) is 0 Å². The van der Waals surface area contributed by atoms with Gasteiger partial charge in [0.2, 0.25) is 5.91 Å². The second-order valence-corrected chi connectivity index (χ2v) is 4.69. The minimum atomic E-state index is -0.284. The number of aromatic nitrogens is 1. The third kappa shape index (κ3) is 5.27. The molecule has 0 spiro atoms. The molecule has 0 bridgehead atoms. The van der Waals surface area contributed by atoms with E-state index in [1.54, 1.807) is 12.4 Å². The molecule has 6 heteroatoms. The summed E-state index contributed by atoms with van der Waals surface area (Å²) in [6.45, 7) is 6.45. The first-order valence-electron chi connectivity index (χ1n) is 6.50. The second-order valence-electron chi connectivity index (χ2n) is 4.69. The van der Waals surface area contributed by atoms with Crippen LogP contribution in [-0.2, 0) is 4.79 Å². The van der Waals surface area contributed by atoms with Gasteiger partial charge in [-0.2, -0.15) is 0 Å². The summed E-state index contributed by atoms with van der Waals surface area (Å²) in [7, 11) is 0. The van der Waals surface area contributed by atoms with Crippen molar-refractivity contribution in [2.24, 2.45) is 5.73 Å². The molecule has 1 aromatic heterocycles. The van der Waals surface area contributed by atoms with E-state index in [4.69, 9.17) is 5.73 Å². The lowest BCUT2D eigenvalue weighted by Gasteiger charge is -2.32. The minimum absolute atomic E-state index is 0. The van der Waals surface area contributed by atoms with Gasteiger partial charge in [-0.25, -0.2) is 0 Å². The SMILES string of the molecule is CCC(CC)(CN)NC(=O)C(C)c1cccnc1.Cl.Cl. The Balaban J connectivity index is 0. The Morgan fingerprint density at radius 2 is 2.00 bits per heavy atom. The van der Waals surface area contributed by atoms with E-state index in [-0.39, 0.29) is 42.2 Å². The van der Waals surface area contributed by atoms with Crippen molar-refractivity contribution in [2.75, 3.05) is 6.54 Å². The Morgan fingerprint density at radius 1 is 1.40 bits per heavy atom. The molecule has 0 aliphatic rings. The van der Waals surface area contributed by atoms with E-state index in [9.17, 15) is 4.79 Å². The summed E-state index contributed by atoms with van der Waals surface area (Å²) < 4.78 is 0. The Bertz CT molecular complexity index is 375. The van der Waals surface area contributed by atoms with Gasteiger partial charge in [-0.1, -0.05) is 19.9 Å². The van der Waals surface area contributed by atoms with Gasteiger partial charge >= 0.3 is 0 Å². The Kier molecular flexibility index (Phi) is 10.7. The van der Waals surface area contributed by atoms with Crippen LogP contribution in [0.2, 0.25) is 0 Å². The van der Waals surface area contributed by atoms with E-state index in [0.29, 0.717) is 6.54 Å². The molecule has 0 fully saturated rings. The summed E-state index contributed by atoms with van der Waals surface area (Å²) in [5.41, 5.74) is 6.43. The number of carbonyl (C=O) groups is 1. The first-order valence-corrected chi connectivity index (χ1v) is 6.50. The summed E-state index contributed by atoms with van der Waals surface area (Å²) in [6, 6.07) is 3.76. The molecule has 0 aliphatic heterocycles. The highest BCUT2D eigenvalue weighted by Gasteiger charge is 2.28. The number of nitrogens with one attached hydrogen (secondary N) is 1. The highest BCUT2D eigenvalue weighted by atomic mass is 35.5. The lowest BCUT2D eigenvalue weighted by atomic mass is 9.91. The molecule has 1 amide bonds. The third-order valence-corrected chi connectivity index (χ3v) is 3.71. The maximum atomic E-state index is 12.2. The van der Waals surface area contributed by atoms with Crippen LogP contribution in [-0.4, -0.2) is 23.0 Å². The van der Waals surface area contributed by atoms with Crippen LogP contribution in [0, 0.1) is 0 Å². The lowest BCUT2D eigenvalue weighted by molar-refractivity contribution is -0.124. The van der Waals surface area contributed by atoms with Gasteiger partial charge in [-0.15, -0.1) is 24.8 Å². The summed E-state index contributed by atoms with van der Waals surface area (Å²) in [4.78, 5) is 16.3. The monoisotopic (exact) mass is 321 g/mol. The molecule has 0 saturated heterocycles. The van der Waals surface area contributed by atoms with E-state index < -0.39 is 0 Å². The van der Waals surface area contributed by atoms with Crippen molar-refractivity contribution in [2.45, 2.75) is 45.1 Å². The molecular weight excluding hydrogens is 297 g/mol. The number of amides is 1. The quantitative estimate of drug-likeness (QED) is 0.846. The number of nitrogens with two attached hydrogens (primary N) is 1. The van der Waals surface area contributed by atoms with Crippen molar-refractivity contribution in [3.8, 4) is 0 Å². The number of pyridine rings is 1. The van der Waals surface area contributed by atoms with Gasteiger partial charge in [0.15, 0.2) is 0 Å². The van der Waals surface area contributed by atoms with Gasteiger partial charge in [0, 0.05) is 18.9 Å². The second kappa shape index (κ2) is 9.97. The molecule has 1 rings (SSSR count). The zero-order chi connectivity index (χ0) is 13.6. The van der Waals surface area contributed by atoms with Crippen LogP contribution in [0.15, 0.2) is 24.5 Å². The molecule has 0 radical (unpaired) electrons. The smallest absolute Gasteiger partial charge is 0.227 e. The fourth-order valence-corrected chi connectivity index (χ4v) is 1.92. The number of hydrogen-bond donors (Lipinski definition) is 2. The minimum Gasteiger partial charge on any atom is -0.349 e. The first-order chi connectivity index (χ1) is 8.58. The van der Waals surface area contributed by atoms with Gasteiger partial charge in [0.1, 0.15) is 0 Å². The van der Waals surface area contributed by atoms with Crippen LogP contribution in [0.3, 0.4) is 0 Å². The Labute approximate surface area is 133 Å². The molecule has 116 valence electrons. The molecule has 1 aromatic rings. The molecule has 1 unspecified atom stereocenters. The average molecular weight is 322 g/mol. The molecule has 0 saturated carbocycles. The molecule has 1 atom stereocenters. The normalized spacial score (nSPS) is 11.8. The zero-order valence-corrected chi connectivity index (χ0v) is 13.9. The van der Waals surface area contributed by atoms with Crippen LogP contribution in [0.1, 0.15) is 45.1 Å². The maximum Gasteiger partial charge on any atom is 0.227 e. The van der Waals surface area contributed by atoms with Crippen LogP contribution in [0.5, 0.6) is 0 Å². The summed E-state index contributed by atoms with van der Waals surface area (Å²) >= 11 is 0. The summed E-state index contributed by atoms with van der Waals surface area (Å²) in [5, 5.41) is 3.09. The number of halogens is 2. The number of rotatable bonds is 6. The van der Waals surface area contributed by atoms with Crippen LogP contribution in [0.25, 0.3) is 0 Å². The van der Waals surface area contributed by atoms with E-state index in [2.05, 4.69) is 10.3 Å². The highest BCUT2D eigenvalue weighted by molar-refractivity contribution is 5.85. The predicted molar refractivity (Wildman–Crippen MR) is 87.7 cm³/mol. The van der Waals surface area contributed by atoms with Gasteiger partial charge < -0.3 is 11.1 Å². The molecule has 20 heavy (non-hydrogen) atoms. The van der Waals surface area contributed by atoms with Gasteiger partial charge in [0.05, 0.1) is 11.5 Å². The van der Waals surface area contributed by atoms with Crippen molar-refractivity contribution in [3.05, 3.63) is 30.1 Å². The molecule has 4 nitrogen and oxygen atoms in total. The Hall–Kier alpha value is -0.840. The maximum absolute atomic E-state index is 12.2. The van der Waals surface area contributed by atoms with Gasteiger partial charge in [0.25, 0.3) is 0 Å². The molecule has 0 aliphatic carbocycles. The van der Waals surface area contributed by atoms with Crippen molar-refractivity contribution < 1.29 is 4.79 Å². The van der Waals surface area contributed by atoms with Gasteiger partial charge in [-0.3, -0.25) is 9.78 Å². The standard InChI is InChI=1S/C14H23N3O.2ClH/c1-4-14(5-2,10-15)17-13(18)11(3)12-7-6-8-16-9-12;;/h6-9,11H,4-5,10,15H2,1-3H3,(H,17,18);2*1H. The fraction of sp³-hybridized carbons (Fsp3) is 0.571. The van der Waals surface area contributed by atoms with Gasteiger partial charge in [-0.05, 0) is 31.4 Å². The number of carbonyl (C=O) groups excluding carboxylic acids is 1. The van der Waals surface area contributed by atoms with Crippen molar-refractivity contribution in [1.82, 2.24) is 10.3 Å². The molecule has 1 heterocycles. The number of nitrogens with zero attached hydrogens (tertiary/aromatic N) is 1. The third-order valence-electron chi connectivity index (χ3n) is 3.71. The number of hydrogen-bond acceptors (Lipinski definition) is 3. The molecule has 0 aromatic carbocycles. The average Bonchev–Trinajstić information content (AvgIpc) is 2.45. The largest absolute Gasteiger partial charge is 0.349 e. The summed E-state index contributed by atoms with van der Waals surface area (Å²) in [5.74, 6) is -0.195. The van der Waals surface area contributed by atoms with E-state index in [1.165, 1.54) is 0 Å². The Morgan fingerprint density at radius 3 is 2.40 bits per heavy atom. The first kappa shape index (κ1) is 21.5. The fourth-order valence-electron chi connectivity index (χ4n) is 1.92. The lowest BCUT2D eigenvalue weighted by Crippen LogP contribution is -2.53. The predicted octanol–water partition coefficient (Wildman–Crippen LogP) is 2.66. The van der Waals surface area contributed by atoms with Crippen LogP contribution < -0.4 is 11.1 Å². The molecular formula is C14H25Cl2N3O. The van der Waals surface area contributed by atoms with E-state index >= 15 is 0 Å². The topological polar surface area (TPSA) is 68.0 Å². The molecule has 3 N–H and O–H groups in total. The van der Waals surface area contributed by atoms with E-state index in [1.807, 2.05) is 32.9 Å². The van der Waals surface area contributed by atoms with Crippen LogP contribution >= 0.6 is 24.8 Å². The zero-order valence-electron chi connectivity index (χ0n) is 12.3. The van der Waals surface area contributed by atoms with Crippen molar-refractivity contribution in [1.29, 1.82) is 0 Å². The van der Waals surface area contributed by atoms with Crippen LogP contribution in [0.4, 0.5) is 0 Å². The highest BCUT2D eigenvalue weighted by Crippen LogP contribution is 2.18. The van der Waals surface area contributed by atoms with E-state index in [0.717, 1.165) is 18.4 Å². The summed E-state index contributed by atoms with van der Waals surface area (Å²) in [6.07, 6.45) is 5.11. The van der Waals surface area contributed by atoms with Crippen molar-refractivity contribution >= 4 is 30.7 Å².